The molecule has 4 heterocycles. The number of aromatic nitrogens is 6. The fraction of sp³-hybridized carbons (Fsp3) is 0. The van der Waals surface area contributed by atoms with Crippen molar-refractivity contribution < 1.29 is 8.78 Å². The van der Waals surface area contributed by atoms with Gasteiger partial charge in [0.1, 0.15) is 17.3 Å². The van der Waals surface area contributed by atoms with Crippen LogP contribution in [-0.4, -0.2) is 30.1 Å². The molecule has 4 N–H and O–H groups in total. The number of halogens is 2. The monoisotopic (exact) mass is 439 g/mol. The molecule has 6 rings (SSSR count). The van der Waals surface area contributed by atoms with Gasteiger partial charge in [0.05, 0.1) is 22.1 Å². The van der Waals surface area contributed by atoms with Gasteiger partial charge in [-0.1, -0.05) is 12.1 Å². The molecule has 33 heavy (non-hydrogen) atoms. The van der Waals surface area contributed by atoms with Crippen LogP contribution < -0.4 is 5.73 Å². The summed E-state index contributed by atoms with van der Waals surface area (Å²) in [4.78, 5) is 16.1. The number of benzene rings is 2. The van der Waals surface area contributed by atoms with Crippen molar-refractivity contribution in [2.45, 2.75) is 0 Å². The molecule has 2 aromatic carbocycles. The third kappa shape index (κ3) is 3.09. The van der Waals surface area contributed by atoms with Gasteiger partial charge in [-0.2, -0.15) is 5.10 Å². The molecule has 9 heteroatoms. The molecular formula is C24H15F2N7. The number of rotatable bonds is 3. The molecule has 0 aliphatic carbocycles. The van der Waals surface area contributed by atoms with E-state index in [1.54, 1.807) is 48.8 Å². The number of nitrogens with one attached hydrogen (secondary N) is 2. The highest BCUT2D eigenvalue weighted by Gasteiger charge is 2.20. The minimum atomic E-state index is -0.470. The van der Waals surface area contributed by atoms with E-state index in [1.165, 1.54) is 18.3 Å². The van der Waals surface area contributed by atoms with Gasteiger partial charge in [-0.25, -0.2) is 18.7 Å². The first-order valence-electron chi connectivity index (χ1n) is 10.1. The molecule has 0 spiro atoms. The highest BCUT2D eigenvalue weighted by atomic mass is 19.1. The lowest BCUT2D eigenvalue weighted by Crippen LogP contribution is -1.91. The van der Waals surface area contributed by atoms with Crippen LogP contribution in [0.1, 0.15) is 0 Å². The Kier molecular flexibility index (Phi) is 4.16. The van der Waals surface area contributed by atoms with Crippen molar-refractivity contribution in [2.24, 2.45) is 0 Å². The molecule has 0 radical (unpaired) electrons. The van der Waals surface area contributed by atoms with Gasteiger partial charge in [-0.05, 0) is 42.0 Å². The summed E-state index contributed by atoms with van der Waals surface area (Å²) in [7, 11) is 0. The minimum Gasteiger partial charge on any atom is -0.397 e. The van der Waals surface area contributed by atoms with E-state index in [1.807, 2.05) is 0 Å². The van der Waals surface area contributed by atoms with Gasteiger partial charge >= 0.3 is 0 Å². The number of nitrogens with two attached hydrogens (primary N) is 1. The van der Waals surface area contributed by atoms with Gasteiger partial charge in [0.25, 0.3) is 0 Å². The van der Waals surface area contributed by atoms with Crippen LogP contribution >= 0.6 is 0 Å². The maximum Gasteiger partial charge on any atom is 0.178 e. The van der Waals surface area contributed by atoms with E-state index >= 15 is 4.39 Å². The van der Waals surface area contributed by atoms with Crippen molar-refractivity contribution in [2.75, 3.05) is 5.73 Å². The molecule has 6 aromatic rings. The third-order valence-corrected chi connectivity index (χ3v) is 5.49. The van der Waals surface area contributed by atoms with Crippen molar-refractivity contribution in [3.8, 4) is 33.8 Å². The number of fused-ring (bicyclic) bond motifs is 2. The van der Waals surface area contributed by atoms with E-state index in [-0.39, 0.29) is 11.2 Å². The lowest BCUT2D eigenvalue weighted by Gasteiger charge is -2.05. The quantitative estimate of drug-likeness (QED) is 0.356. The maximum atomic E-state index is 15.7. The second-order valence-electron chi connectivity index (χ2n) is 7.58. The first kappa shape index (κ1) is 19.1. The molecule has 0 unspecified atom stereocenters. The van der Waals surface area contributed by atoms with E-state index < -0.39 is 5.82 Å². The molecule has 0 aliphatic rings. The van der Waals surface area contributed by atoms with Gasteiger partial charge in [-0.3, -0.25) is 10.1 Å². The predicted molar refractivity (Wildman–Crippen MR) is 122 cm³/mol. The number of H-pyrrole nitrogens is 2. The van der Waals surface area contributed by atoms with E-state index in [4.69, 9.17) is 5.73 Å². The zero-order valence-electron chi connectivity index (χ0n) is 17.0. The summed E-state index contributed by atoms with van der Waals surface area (Å²) in [5.41, 5.74) is 10.4. The lowest BCUT2D eigenvalue weighted by molar-refractivity contribution is 0.628. The van der Waals surface area contributed by atoms with Crippen LogP contribution in [0, 0.1) is 11.6 Å². The molecule has 7 nitrogen and oxygen atoms in total. The fourth-order valence-corrected chi connectivity index (χ4v) is 3.99. The summed E-state index contributed by atoms with van der Waals surface area (Å²) in [5, 5.41) is 7.44. The number of anilines is 1. The topological polar surface area (TPSA) is 109 Å². The number of nitrogens with zero attached hydrogens (tertiary/aromatic N) is 4. The predicted octanol–water partition coefficient (Wildman–Crippen LogP) is 5.09. The average Bonchev–Trinajstić information content (AvgIpc) is 3.43. The van der Waals surface area contributed by atoms with E-state index in [2.05, 4.69) is 30.1 Å². The Morgan fingerprint density at radius 1 is 0.909 bits per heavy atom. The zero-order valence-corrected chi connectivity index (χ0v) is 17.0. The van der Waals surface area contributed by atoms with Crippen LogP contribution in [0.4, 0.5) is 14.5 Å². The molecule has 160 valence electrons. The van der Waals surface area contributed by atoms with Crippen LogP contribution in [0.2, 0.25) is 0 Å². The summed E-state index contributed by atoms with van der Waals surface area (Å²) in [6.45, 7) is 0. The Balaban J connectivity index is 1.55. The first-order chi connectivity index (χ1) is 16.1. The van der Waals surface area contributed by atoms with Crippen molar-refractivity contribution in [3.05, 3.63) is 78.8 Å². The molecule has 0 atom stereocenters. The Labute approximate surface area is 185 Å². The number of imidazole rings is 1. The standard InChI is InChI=1S/C24H15F2N7/c25-14-3-1-2-12(8-14)17-6-7-29-23-21(17)30-24(31-23)22-19-18(32-33-22)5-4-16(20(19)26)13-9-15(27)11-28-10-13/h1-11H,27H2,(H,32,33)(H,29,30,31). The second-order valence-corrected chi connectivity index (χ2v) is 7.58. The Hall–Kier alpha value is -4.66. The summed E-state index contributed by atoms with van der Waals surface area (Å²) < 4.78 is 29.5. The SMILES string of the molecule is Nc1cncc(-c2ccc3[nH]nc(-c4nc5nccc(-c6cccc(F)c6)c5[nH]4)c3c2F)c1. The Morgan fingerprint density at radius 3 is 2.67 bits per heavy atom. The maximum absolute atomic E-state index is 15.7. The fourth-order valence-electron chi connectivity index (χ4n) is 3.99. The van der Waals surface area contributed by atoms with Gasteiger partial charge in [-0.15, -0.1) is 0 Å². The molecule has 0 bridgehead atoms. The van der Waals surface area contributed by atoms with E-state index in [9.17, 15) is 4.39 Å². The van der Waals surface area contributed by atoms with Crippen molar-refractivity contribution in [1.29, 1.82) is 0 Å². The van der Waals surface area contributed by atoms with Gasteiger partial charge < -0.3 is 10.7 Å². The van der Waals surface area contributed by atoms with Crippen molar-refractivity contribution in [1.82, 2.24) is 30.1 Å². The second kappa shape index (κ2) is 7.20. The number of hydrogen-bond donors (Lipinski definition) is 3. The first-order valence-corrected chi connectivity index (χ1v) is 10.1. The highest BCUT2D eigenvalue weighted by molar-refractivity contribution is 5.98. The lowest BCUT2D eigenvalue weighted by atomic mass is 10.0. The third-order valence-electron chi connectivity index (χ3n) is 5.49. The smallest absolute Gasteiger partial charge is 0.178 e. The molecule has 0 saturated heterocycles. The highest BCUT2D eigenvalue weighted by Crippen LogP contribution is 2.35. The van der Waals surface area contributed by atoms with Gasteiger partial charge in [0.2, 0.25) is 0 Å². The Bertz CT molecular complexity index is 1670. The number of aromatic amines is 2. The van der Waals surface area contributed by atoms with E-state index in [0.717, 1.165) is 5.56 Å². The average molecular weight is 439 g/mol. The molecule has 0 saturated carbocycles. The zero-order chi connectivity index (χ0) is 22.5. The summed E-state index contributed by atoms with van der Waals surface area (Å²) in [6, 6.07) is 13.1. The van der Waals surface area contributed by atoms with Crippen LogP contribution in [0.3, 0.4) is 0 Å². The van der Waals surface area contributed by atoms with Crippen molar-refractivity contribution in [3.63, 3.8) is 0 Å². The summed E-state index contributed by atoms with van der Waals surface area (Å²) in [5.74, 6) is -0.474. The number of pyridine rings is 2. The minimum absolute atomic E-state index is 0.279. The largest absolute Gasteiger partial charge is 0.397 e. The molecule has 4 aromatic heterocycles. The summed E-state index contributed by atoms with van der Waals surface area (Å²) >= 11 is 0. The number of nitrogen functional groups attached to an aromatic ring is 1. The van der Waals surface area contributed by atoms with Gasteiger partial charge in [0.15, 0.2) is 11.5 Å². The number of hydrogen-bond acceptors (Lipinski definition) is 5. The van der Waals surface area contributed by atoms with Gasteiger partial charge in [0, 0.05) is 35.3 Å². The van der Waals surface area contributed by atoms with E-state index in [0.29, 0.717) is 50.6 Å². The molecular weight excluding hydrogens is 424 g/mol. The molecule has 0 aliphatic heterocycles. The normalized spacial score (nSPS) is 11.5. The van der Waals surface area contributed by atoms with Crippen LogP contribution in [0.25, 0.3) is 55.8 Å². The van der Waals surface area contributed by atoms with Crippen LogP contribution in [0.5, 0.6) is 0 Å². The summed E-state index contributed by atoms with van der Waals surface area (Å²) in [6.07, 6.45) is 4.65. The van der Waals surface area contributed by atoms with Crippen LogP contribution in [-0.2, 0) is 0 Å². The molecule has 0 amide bonds. The van der Waals surface area contributed by atoms with Crippen molar-refractivity contribution >= 4 is 27.8 Å². The Morgan fingerprint density at radius 2 is 1.82 bits per heavy atom. The molecule has 0 fully saturated rings. The van der Waals surface area contributed by atoms with Crippen LogP contribution in [0.15, 0.2) is 67.1 Å².